The lowest BCUT2D eigenvalue weighted by atomic mass is 9.93. The number of methoxy groups -OCH3 is 3. The summed E-state index contributed by atoms with van der Waals surface area (Å²) >= 11 is 0. The van der Waals surface area contributed by atoms with E-state index in [2.05, 4.69) is 20.5 Å². The number of hydrogen-bond donors (Lipinski definition) is 3. The lowest BCUT2D eigenvalue weighted by molar-refractivity contribution is -0.120. The lowest BCUT2D eigenvalue weighted by Gasteiger charge is -2.19. The van der Waals surface area contributed by atoms with E-state index in [1.807, 2.05) is 6.92 Å². The number of pyridine rings is 1. The number of hydrogen-bond acceptors (Lipinski definition) is 8. The number of carbonyl (C=O) groups is 1. The summed E-state index contributed by atoms with van der Waals surface area (Å²) in [6.45, 7) is 2.84. The summed E-state index contributed by atoms with van der Waals surface area (Å²) in [7, 11) is 4.62. The molecule has 0 unspecified atom stereocenters. The Balaban J connectivity index is 2.01. The largest absolute Gasteiger partial charge is 0.506 e. The van der Waals surface area contributed by atoms with E-state index in [4.69, 9.17) is 14.2 Å². The molecule has 0 aliphatic carbocycles. The number of nitrogens with zero attached hydrogens (tertiary/aromatic N) is 2. The second-order valence-corrected chi connectivity index (χ2v) is 8.08. The molecule has 0 spiro atoms. The van der Waals surface area contributed by atoms with Gasteiger partial charge in [-0.3, -0.25) is 9.59 Å². The fourth-order valence-electron chi connectivity index (χ4n) is 3.98. The molecule has 10 heteroatoms. The summed E-state index contributed by atoms with van der Waals surface area (Å²) in [5.74, 6) is 0.550. The first-order chi connectivity index (χ1) is 16.9. The van der Waals surface area contributed by atoms with Gasteiger partial charge < -0.3 is 29.6 Å². The molecule has 3 N–H and O–H groups in total. The highest BCUT2D eigenvalue weighted by Crippen LogP contribution is 2.45. The van der Waals surface area contributed by atoms with Crippen molar-refractivity contribution in [2.24, 2.45) is 10.2 Å². The first-order valence-electron chi connectivity index (χ1n) is 11.5. The average Bonchev–Trinajstić information content (AvgIpc) is 3.30. The smallest absolute Gasteiger partial charge is 0.261 e. The van der Waals surface area contributed by atoms with Crippen molar-refractivity contribution in [1.29, 1.82) is 0 Å². The number of rotatable bonds is 12. The Morgan fingerprint density at radius 2 is 1.83 bits per heavy atom. The van der Waals surface area contributed by atoms with E-state index in [-0.39, 0.29) is 30.1 Å². The molecule has 1 aliphatic heterocycles. The molecular weight excluding hydrogens is 452 g/mol. The van der Waals surface area contributed by atoms with E-state index in [0.717, 1.165) is 12.8 Å². The second-order valence-electron chi connectivity index (χ2n) is 8.08. The third kappa shape index (κ3) is 5.89. The Morgan fingerprint density at radius 1 is 1.11 bits per heavy atom. The minimum absolute atomic E-state index is 0.0201. The normalized spacial score (nSPS) is 12.8. The monoisotopic (exact) mass is 484 g/mol. The molecule has 3 rings (SSSR count). The van der Waals surface area contributed by atoms with Gasteiger partial charge >= 0.3 is 0 Å². The predicted octanol–water partition coefficient (Wildman–Crippen LogP) is 2.81. The number of aromatic amines is 1. The zero-order chi connectivity index (χ0) is 25.4. The molecular formula is C25H32N4O6. The van der Waals surface area contributed by atoms with Crippen molar-refractivity contribution in [1.82, 2.24) is 10.3 Å². The van der Waals surface area contributed by atoms with Crippen molar-refractivity contribution in [3.05, 3.63) is 39.8 Å². The molecule has 1 aromatic heterocycles. The van der Waals surface area contributed by atoms with Crippen LogP contribution in [0.15, 0.2) is 33.2 Å². The maximum Gasteiger partial charge on any atom is 0.261 e. The third-order valence-corrected chi connectivity index (χ3v) is 5.69. The number of amides is 1. The summed E-state index contributed by atoms with van der Waals surface area (Å²) < 4.78 is 16.1. The van der Waals surface area contributed by atoms with Gasteiger partial charge in [-0.05, 0) is 25.0 Å². The quantitative estimate of drug-likeness (QED) is 0.397. The fourth-order valence-corrected chi connectivity index (χ4v) is 3.98. The van der Waals surface area contributed by atoms with Crippen LogP contribution in [0.2, 0.25) is 0 Å². The van der Waals surface area contributed by atoms with E-state index in [1.54, 1.807) is 25.3 Å². The van der Waals surface area contributed by atoms with E-state index >= 15 is 0 Å². The summed E-state index contributed by atoms with van der Waals surface area (Å²) in [5.41, 5.74) is 1.89. The summed E-state index contributed by atoms with van der Waals surface area (Å²) in [6.07, 6.45) is 2.48. The van der Waals surface area contributed by atoms with Crippen molar-refractivity contribution in [3.63, 3.8) is 0 Å². The van der Waals surface area contributed by atoms with Crippen LogP contribution in [-0.2, 0) is 16.0 Å². The summed E-state index contributed by atoms with van der Waals surface area (Å²) in [6, 6.07) is 5.32. The molecule has 2 heterocycles. The van der Waals surface area contributed by atoms with Crippen LogP contribution < -0.4 is 20.3 Å². The Kier molecular flexibility index (Phi) is 9.02. The van der Waals surface area contributed by atoms with Crippen LogP contribution in [-0.4, -0.2) is 61.9 Å². The van der Waals surface area contributed by atoms with Gasteiger partial charge in [0.25, 0.3) is 5.56 Å². The van der Waals surface area contributed by atoms with E-state index in [0.29, 0.717) is 59.3 Å². The van der Waals surface area contributed by atoms with Crippen LogP contribution in [0.4, 0.5) is 0 Å². The predicted molar refractivity (Wildman–Crippen MR) is 134 cm³/mol. The number of aryl methyl sites for hydroxylation is 1. The zero-order valence-corrected chi connectivity index (χ0v) is 20.6. The van der Waals surface area contributed by atoms with E-state index < -0.39 is 5.56 Å². The van der Waals surface area contributed by atoms with Gasteiger partial charge in [0.15, 0.2) is 0 Å². The van der Waals surface area contributed by atoms with E-state index in [1.165, 1.54) is 14.2 Å². The number of unbranched alkanes of at least 4 members (excludes halogenated alkanes) is 1. The highest BCUT2D eigenvalue weighted by atomic mass is 16.5. The van der Waals surface area contributed by atoms with Gasteiger partial charge in [0.2, 0.25) is 5.91 Å². The van der Waals surface area contributed by atoms with Gasteiger partial charge in [-0.1, -0.05) is 19.4 Å². The fraction of sp³-hybridized carbons (Fsp3) is 0.440. The molecule has 2 aromatic rings. The van der Waals surface area contributed by atoms with Gasteiger partial charge in [0.1, 0.15) is 22.8 Å². The average molecular weight is 485 g/mol. The molecule has 188 valence electrons. The number of ether oxygens (including phenoxy) is 3. The molecule has 35 heavy (non-hydrogen) atoms. The van der Waals surface area contributed by atoms with Crippen LogP contribution in [0.1, 0.15) is 43.9 Å². The molecule has 0 radical (unpaired) electrons. The third-order valence-electron chi connectivity index (χ3n) is 5.69. The number of aromatic nitrogens is 1. The van der Waals surface area contributed by atoms with Gasteiger partial charge in [-0.2, -0.15) is 10.2 Å². The SMILES string of the molecule is CCCCc1[nH]c(=O)c(C2=NN=C(CC(=O)NCCOC)C2)c(O)c1-c1c(OC)cccc1OC. The Morgan fingerprint density at radius 3 is 2.46 bits per heavy atom. The van der Waals surface area contributed by atoms with Crippen LogP contribution in [0.3, 0.4) is 0 Å². The van der Waals surface area contributed by atoms with Crippen molar-refractivity contribution >= 4 is 17.3 Å². The molecule has 1 aromatic carbocycles. The first kappa shape index (κ1) is 26.0. The first-order valence-corrected chi connectivity index (χ1v) is 11.5. The van der Waals surface area contributed by atoms with Gasteiger partial charge in [0, 0.05) is 25.8 Å². The number of aromatic hydroxyl groups is 1. The Bertz CT molecular complexity index is 1160. The molecule has 0 bridgehead atoms. The standard InChI is InChI=1S/C25H32N4O6/c1-5-6-8-16-21(23-18(34-3)9-7-10-19(23)35-4)24(31)22(25(32)27-16)17-13-15(28-29-17)14-20(30)26-11-12-33-2/h7,9-10H,5-6,8,11-14H2,1-4H3,(H,26,30)(H2,27,31,32). The Hall–Kier alpha value is -3.66. The number of nitrogens with one attached hydrogen (secondary N) is 2. The molecule has 1 amide bonds. The topological polar surface area (TPSA) is 135 Å². The van der Waals surface area contributed by atoms with Crippen molar-refractivity contribution < 1.29 is 24.1 Å². The van der Waals surface area contributed by atoms with Crippen molar-refractivity contribution in [2.75, 3.05) is 34.5 Å². The van der Waals surface area contributed by atoms with Crippen molar-refractivity contribution in [3.8, 4) is 28.4 Å². The van der Waals surface area contributed by atoms with Crippen LogP contribution in [0, 0.1) is 0 Å². The van der Waals surface area contributed by atoms with Crippen molar-refractivity contribution in [2.45, 2.75) is 39.0 Å². The maximum atomic E-state index is 13.1. The minimum atomic E-state index is -0.467. The minimum Gasteiger partial charge on any atom is -0.506 e. The highest BCUT2D eigenvalue weighted by molar-refractivity contribution is 6.19. The number of benzene rings is 1. The number of carbonyl (C=O) groups excluding carboxylic acids is 1. The highest BCUT2D eigenvalue weighted by Gasteiger charge is 2.28. The summed E-state index contributed by atoms with van der Waals surface area (Å²) in [4.78, 5) is 28.2. The lowest BCUT2D eigenvalue weighted by Crippen LogP contribution is -2.29. The summed E-state index contributed by atoms with van der Waals surface area (Å²) in [5, 5.41) is 22.4. The zero-order valence-electron chi connectivity index (χ0n) is 20.6. The maximum absolute atomic E-state index is 13.1. The second kappa shape index (κ2) is 12.2. The van der Waals surface area contributed by atoms with Crippen LogP contribution in [0.5, 0.6) is 17.2 Å². The molecule has 1 aliphatic rings. The molecule has 0 saturated heterocycles. The number of H-pyrrole nitrogens is 1. The molecule has 0 fully saturated rings. The molecule has 0 atom stereocenters. The van der Waals surface area contributed by atoms with Crippen LogP contribution in [0.25, 0.3) is 11.1 Å². The Labute approximate surface area is 204 Å². The van der Waals surface area contributed by atoms with Gasteiger partial charge in [0.05, 0.1) is 49.8 Å². The van der Waals surface area contributed by atoms with Crippen LogP contribution >= 0.6 is 0 Å². The van der Waals surface area contributed by atoms with Gasteiger partial charge in [-0.25, -0.2) is 0 Å². The molecule has 10 nitrogen and oxygen atoms in total. The van der Waals surface area contributed by atoms with E-state index in [9.17, 15) is 14.7 Å². The van der Waals surface area contributed by atoms with Gasteiger partial charge in [-0.15, -0.1) is 0 Å². The molecule has 0 saturated carbocycles.